The molecule has 1 aliphatic carbocycles. The van der Waals surface area contributed by atoms with E-state index in [4.69, 9.17) is 4.52 Å². The van der Waals surface area contributed by atoms with Crippen molar-refractivity contribution in [1.82, 2.24) is 19.5 Å². The van der Waals surface area contributed by atoms with Crippen LogP contribution in [0, 0.1) is 0 Å². The monoisotopic (exact) mass is 328 g/mol. The molecule has 3 heterocycles. The molecule has 2 aliphatic rings. The lowest BCUT2D eigenvalue weighted by molar-refractivity contribution is 0.120. The third kappa shape index (κ3) is 3.60. The fraction of sp³-hybridized carbons (Fsp3) is 0.556. The van der Waals surface area contributed by atoms with E-state index in [9.17, 15) is 4.79 Å². The van der Waals surface area contributed by atoms with Crippen LogP contribution in [0.5, 0.6) is 0 Å². The summed E-state index contributed by atoms with van der Waals surface area (Å²) in [6, 6.07) is 5.90. The predicted octanol–water partition coefficient (Wildman–Crippen LogP) is 1.57. The van der Waals surface area contributed by atoms with Crippen molar-refractivity contribution in [2.75, 3.05) is 26.2 Å². The number of hydrogen-bond acceptors (Lipinski definition) is 5. The Morgan fingerprint density at radius 2 is 1.83 bits per heavy atom. The van der Waals surface area contributed by atoms with Gasteiger partial charge in [-0.3, -0.25) is 14.6 Å². The molecule has 0 N–H and O–H groups in total. The first kappa shape index (κ1) is 15.6. The SMILES string of the molecule is Cn1ccc(CN2CCN(Cc3cc(C4CC4)on3)CC2)cc1=O. The van der Waals surface area contributed by atoms with Crippen molar-refractivity contribution < 1.29 is 4.52 Å². The molecule has 6 heteroatoms. The predicted molar refractivity (Wildman–Crippen MR) is 90.7 cm³/mol. The van der Waals surface area contributed by atoms with Crippen molar-refractivity contribution in [2.45, 2.75) is 31.8 Å². The van der Waals surface area contributed by atoms with E-state index in [0.717, 1.165) is 56.3 Å². The lowest BCUT2D eigenvalue weighted by atomic mass is 10.2. The van der Waals surface area contributed by atoms with Gasteiger partial charge in [0.25, 0.3) is 5.56 Å². The fourth-order valence-corrected chi connectivity index (χ4v) is 3.24. The van der Waals surface area contributed by atoms with Gasteiger partial charge in [0.15, 0.2) is 0 Å². The molecule has 2 aromatic rings. The largest absolute Gasteiger partial charge is 0.361 e. The van der Waals surface area contributed by atoms with Crippen LogP contribution in [0.3, 0.4) is 0 Å². The highest BCUT2D eigenvalue weighted by atomic mass is 16.5. The van der Waals surface area contributed by atoms with Gasteiger partial charge in [0.05, 0.1) is 5.69 Å². The van der Waals surface area contributed by atoms with Gasteiger partial charge >= 0.3 is 0 Å². The molecule has 4 rings (SSSR count). The number of nitrogens with zero attached hydrogens (tertiary/aromatic N) is 4. The van der Waals surface area contributed by atoms with Crippen LogP contribution in [-0.2, 0) is 20.1 Å². The Morgan fingerprint density at radius 3 is 2.50 bits per heavy atom. The molecular weight excluding hydrogens is 304 g/mol. The van der Waals surface area contributed by atoms with Gasteiger partial charge in [0, 0.05) is 70.6 Å². The van der Waals surface area contributed by atoms with Gasteiger partial charge in [-0.25, -0.2) is 0 Å². The molecule has 0 aromatic carbocycles. The first-order chi connectivity index (χ1) is 11.7. The normalized spacial score (nSPS) is 19.7. The van der Waals surface area contributed by atoms with Crippen LogP contribution >= 0.6 is 0 Å². The smallest absolute Gasteiger partial charge is 0.250 e. The topological polar surface area (TPSA) is 54.5 Å². The minimum Gasteiger partial charge on any atom is -0.361 e. The summed E-state index contributed by atoms with van der Waals surface area (Å²) in [5, 5.41) is 4.21. The van der Waals surface area contributed by atoms with Gasteiger partial charge in [-0.15, -0.1) is 0 Å². The second kappa shape index (κ2) is 6.53. The molecule has 2 aromatic heterocycles. The summed E-state index contributed by atoms with van der Waals surface area (Å²) in [6.45, 7) is 5.80. The summed E-state index contributed by atoms with van der Waals surface area (Å²) in [4.78, 5) is 16.5. The maximum absolute atomic E-state index is 11.7. The number of hydrogen-bond donors (Lipinski definition) is 0. The average Bonchev–Trinajstić information content (AvgIpc) is 3.33. The highest BCUT2D eigenvalue weighted by Gasteiger charge is 2.28. The second-order valence-electron chi connectivity index (χ2n) is 7.03. The second-order valence-corrected chi connectivity index (χ2v) is 7.03. The minimum absolute atomic E-state index is 0.0589. The van der Waals surface area contributed by atoms with Gasteiger partial charge in [-0.1, -0.05) is 5.16 Å². The molecule has 0 bridgehead atoms. The number of aromatic nitrogens is 2. The molecule has 0 atom stereocenters. The van der Waals surface area contributed by atoms with Crippen molar-refractivity contribution in [1.29, 1.82) is 0 Å². The van der Waals surface area contributed by atoms with Crippen molar-refractivity contribution in [3.63, 3.8) is 0 Å². The zero-order valence-electron chi connectivity index (χ0n) is 14.1. The molecule has 24 heavy (non-hydrogen) atoms. The molecule has 0 spiro atoms. The average molecular weight is 328 g/mol. The fourth-order valence-electron chi connectivity index (χ4n) is 3.24. The number of rotatable bonds is 5. The van der Waals surface area contributed by atoms with Gasteiger partial charge < -0.3 is 9.09 Å². The minimum atomic E-state index is 0.0589. The van der Waals surface area contributed by atoms with Crippen LogP contribution in [0.4, 0.5) is 0 Å². The van der Waals surface area contributed by atoms with E-state index in [0.29, 0.717) is 5.92 Å². The molecule has 6 nitrogen and oxygen atoms in total. The van der Waals surface area contributed by atoms with E-state index in [1.165, 1.54) is 12.8 Å². The zero-order valence-corrected chi connectivity index (χ0v) is 14.1. The molecule has 0 unspecified atom stereocenters. The Labute approximate surface area is 141 Å². The Kier molecular flexibility index (Phi) is 4.24. The van der Waals surface area contributed by atoms with Crippen molar-refractivity contribution >= 4 is 0 Å². The molecule has 1 saturated carbocycles. The standard InChI is InChI=1S/C18H24N4O2/c1-20-5-4-14(10-18(20)23)12-21-6-8-22(9-7-21)13-16-11-17(24-19-16)15-2-3-15/h4-5,10-11,15H,2-3,6-9,12-13H2,1H3. The molecule has 128 valence electrons. The summed E-state index contributed by atoms with van der Waals surface area (Å²) in [5.41, 5.74) is 2.21. The number of aryl methyl sites for hydroxylation is 1. The Bertz CT molecular complexity index is 754. The van der Waals surface area contributed by atoms with Crippen LogP contribution in [0.2, 0.25) is 0 Å². The Morgan fingerprint density at radius 1 is 1.12 bits per heavy atom. The quantitative estimate of drug-likeness (QED) is 0.834. The van der Waals surface area contributed by atoms with Gasteiger partial charge in [-0.05, 0) is 24.5 Å². The van der Waals surface area contributed by atoms with E-state index < -0.39 is 0 Å². The molecule has 1 saturated heterocycles. The van der Waals surface area contributed by atoms with Crippen LogP contribution in [0.25, 0.3) is 0 Å². The lowest BCUT2D eigenvalue weighted by Crippen LogP contribution is -2.45. The van der Waals surface area contributed by atoms with Gasteiger partial charge in [0.1, 0.15) is 5.76 Å². The summed E-state index contributed by atoms with van der Waals surface area (Å²) in [6.07, 6.45) is 4.34. The zero-order chi connectivity index (χ0) is 16.5. The van der Waals surface area contributed by atoms with Crippen LogP contribution < -0.4 is 5.56 Å². The Hall–Kier alpha value is -1.92. The first-order valence-corrected chi connectivity index (χ1v) is 8.73. The number of piperazine rings is 1. The highest BCUT2D eigenvalue weighted by molar-refractivity contribution is 5.14. The maximum atomic E-state index is 11.7. The van der Waals surface area contributed by atoms with Crippen LogP contribution in [-0.4, -0.2) is 45.7 Å². The molecule has 2 fully saturated rings. The summed E-state index contributed by atoms with van der Waals surface area (Å²) in [5.74, 6) is 1.69. The summed E-state index contributed by atoms with van der Waals surface area (Å²) in [7, 11) is 1.78. The molecule has 0 radical (unpaired) electrons. The maximum Gasteiger partial charge on any atom is 0.250 e. The van der Waals surface area contributed by atoms with E-state index in [1.54, 1.807) is 17.7 Å². The third-order valence-corrected chi connectivity index (χ3v) is 4.98. The van der Waals surface area contributed by atoms with E-state index in [1.807, 2.05) is 12.3 Å². The van der Waals surface area contributed by atoms with Crippen molar-refractivity contribution in [2.24, 2.45) is 7.05 Å². The molecule has 0 amide bonds. The van der Waals surface area contributed by atoms with E-state index in [-0.39, 0.29) is 5.56 Å². The van der Waals surface area contributed by atoms with Crippen molar-refractivity contribution in [3.8, 4) is 0 Å². The highest BCUT2D eigenvalue weighted by Crippen LogP contribution is 2.40. The molecule has 1 aliphatic heterocycles. The lowest BCUT2D eigenvalue weighted by Gasteiger charge is -2.34. The van der Waals surface area contributed by atoms with Gasteiger partial charge in [-0.2, -0.15) is 0 Å². The third-order valence-electron chi connectivity index (χ3n) is 4.98. The van der Waals surface area contributed by atoms with Gasteiger partial charge in [0.2, 0.25) is 0 Å². The molecular formula is C18H24N4O2. The van der Waals surface area contributed by atoms with E-state index >= 15 is 0 Å². The Balaban J connectivity index is 1.28. The van der Waals surface area contributed by atoms with E-state index in [2.05, 4.69) is 21.0 Å². The first-order valence-electron chi connectivity index (χ1n) is 8.73. The summed E-state index contributed by atoms with van der Waals surface area (Å²) >= 11 is 0. The number of pyridine rings is 1. The van der Waals surface area contributed by atoms with Crippen LogP contribution in [0.1, 0.15) is 35.8 Å². The van der Waals surface area contributed by atoms with Crippen LogP contribution in [0.15, 0.2) is 33.7 Å². The van der Waals surface area contributed by atoms with Crippen molar-refractivity contribution in [3.05, 3.63) is 51.8 Å². The summed E-state index contributed by atoms with van der Waals surface area (Å²) < 4.78 is 7.04.